The Hall–Kier alpha value is -2.84. The third-order valence-electron chi connectivity index (χ3n) is 8.21. The fourth-order valence-electron chi connectivity index (χ4n) is 7.03. The number of imide groups is 1. The smallest absolute Gasteiger partial charge is 0.305 e. The summed E-state index contributed by atoms with van der Waals surface area (Å²) in [5.74, 6) is 0.611. The molecular weight excluding hydrogens is 468 g/mol. The first-order valence-electron chi connectivity index (χ1n) is 11.5. The van der Waals surface area contributed by atoms with Crippen LogP contribution < -0.4 is 14.5 Å². The van der Waals surface area contributed by atoms with Crippen LogP contribution in [0, 0.1) is 29.6 Å². The lowest BCUT2D eigenvalue weighted by Crippen LogP contribution is -2.42. The molecule has 3 fully saturated rings. The number of amides is 2. The third kappa shape index (κ3) is 2.66. The highest BCUT2D eigenvalue weighted by molar-refractivity contribution is 8.00. The van der Waals surface area contributed by atoms with E-state index < -0.39 is 0 Å². The average molecular weight is 491 g/mol. The maximum Gasteiger partial charge on any atom is 0.305 e. The van der Waals surface area contributed by atoms with Gasteiger partial charge in [-0.15, -0.1) is 11.8 Å². The van der Waals surface area contributed by atoms with Crippen molar-refractivity contribution in [1.29, 1.82) is 0 Å². The van der Waals surface area contributed by atoms with Gasteiger partial charge in [0.15, 0.2) is 0 Å². The Bertz CT molecular complexity index is 1370. The van der Waals surface area contributed by atoms with Crippen LogP contribution in [0.5, 0.6) is 5.75 Å². The first kappa shape index (κ1) is 20.5. The largest absolute Gasteiger partial charge is 0.497 e. The molecule has 3 aromatic rings. The van der Waals surface area contributed by atoms with Crippen molar-refractivity contribution in [2.45, 2.75) is 22.6 Å². The number of para-hydroxylation sites is 1. The molecule has 2 aliphatic heterocycles. The predicted octanol–water partition coefficient (Wildman–Crippen LogP) is 4.12. The molecule has 2 aliphatic carbocycles. The van der Waals surface area contributed by atoms with Gasteiger partial charge in [-0.3, -0.25) is 19.3 Å². The molecule has 0 radical (unpaired) electrons. The lowest BCUT2D eigenvalue weighted by atomic mass is 9.68. The molecule has 1 N–H and O–H groups in total. The Balaban J connectivity index is 1.33. The van der Waals surface area contributed by atoms with Crippen LogP contribution in [0.1, 0.15) is 22.8 Å². The minimum atomic E-state index is -0.280. The van der Waals surface area contributed by atoms with Crippen molar-refractivity contribution in [3.05, 3.63) is 74.7 Å². The molecule has 0 unspecified atom stereocenters. The number of aromatic nitrogens is 1. The molecule has 34 heavy (non-hydrogen) atoms. The molecule has 3 heterocycles. The van der Waals surface area contributed by atoms with Crippen molar-refractivity contribution in [2.75, 3.05) is 12.0 Å². The maximum absolute atomic E-state index is 13.7. The minimum Gasteiger partial charge on any atom is -0.497 e. The number of nitrogens with one attached hydrogen (secondary N) is 1. The molecule has 172 valence electrons. The van der Waals surface area contributed by atoms with E-state index in [1.54, 1.807) is 18.9 Å². The minimum absolute atomic E-state index is 0.0285. The number of thiazole rings is 1. The van der Waals surface area contributed by atoms with Gasteiger partial charge in [0.25, 0.3) is 0 Å². The molecular formula is C26H22N2O4S2. The Morgan fingerprint density at radius 3 is 2.35 bits per heavy atom. The van der Waals surface area contributed by atoms with Gasteiger partial charge in [-0.1, -0.05) is 41.7 Å². The monoisotopic (exact) mass is 490 g/mol. The summed E-state index contributed by atoms with van der Waals surface area (Å²) < 4.78 is 5.36. The predicted molar refractivity (Wildman–Crippen MR) is 130 cm³/mol. The van der Waals surface area contributed by atoms with Gasteiger partial charge in [-0.25, -0.2) is 0 Å². The fourth-order valence-corrected chi connectivity index (χ4v) is 9.92. The van der Waals surface area contributed by atoms with E-state index in [-0.39, 0.29) is 57.4 Å². The van der Waals surface area contributed by atoms with Crippen molar-refractivity contribution in [3.63, 3.8) is 0 Å². The molecule has 7 rings (SSSR count). The van der Waals surface area contributed by atoms with Gasteiger partial charge < -0.3 is 9.72 Å². The number of methoxy groups -OCH3 is 1. The van der Waals surface area contributed by atoms with Gasteiger partial charge in [0.2, 0.25) is 11.8 Å². The summed E-state index contributed by atoms with van der Waals surface area (Å²) >= 11 is 2.99. The van der Waals surface area contributed by atoms with Crippen LogP contribution in [-0.2, 0) is 9.59 Å². The standard InChI is InChI=1S/C26H22N2O4S2/c1-32-14-9-7-12(8-10-14)17-18-15-11-16(21(18)33-23-22(17)34-26(31)27-23)20-19(15)24(29)28(25(20)30)13-5-3-2-4-6-13/h2-10,15-21H,11H2,1H3,(H,27,31)/t15-,16-,17-,18-,19+,20-,21-/m1/s1. The van der Waals surface area contributed by atoms with Crippen LogP contribution in [0.3, 0.4) is 0 Å². The van der Waals surface area contributed by atoms with Gasteiger partial charge in [0.1, 0.15) is 5.75 Å². The highest BCUT2D eigenvalue weighted by Crippen LogP contribution is 2.68. The summed E-state index contributed by atoms with van der Waals surface area (Å²) in [6.45, 7) is 0. The second-order valence-electron chi connectivity index (χ2n) is 9.58. The number of fused-ring (bicyclic) bond motifs is 9. The molecule has 1 saturated heterocycles. The lowest BCUT2D eigenvalue weighted by Gasteiger charge is -2.43. The number of carbonyl (C=O) groups excluding carboxylic acids is 2. The Labute approximate surface area is 204 Å². The number of carbonyl (C=O) groups is 2. The molecule has 8 heteroatoms. The van der Waals surface area contributed by atoms with Crippen LogP contribution in [0.4, 0.5) is 5.69 Å². The summed E-state index contributed by atoms with van der Waals surface area (Å²) in [7, 11) is 1.65. The van der Waals surface area contributed by atoms with Gasteiger partial charge in [0, 0.05) is 16.0 Å². The number of rotatable bonds is 3. The van der Waals surface area contributed by atoms with E-state index in [4.69, 9.17) is 4.74 Å². The second kappa shape index (κ2) is 7.33. The Morgan fingerprint density at radius 2 is 1.65 bits per heavy atom. The third-order valence-corrected chi connectivity index (χ3v) is 10.8. The van der Waals surface area contributed by atoms with E-state index >= 15 is 0 Å². The Morgan fingerprint density at radius 1 is 0.941 bits per heavy atom. The average Bonchev–Trinajstić information content (AvgIpc) is 3.58. The van der Waals surface area contributed by atoms with Crippen molar-refractivity contribution >= 4 is 40.6 Å². The molecule has 4 aliphatic rings. The quantitative estimate of drug-likeness (QED) is 0.559. The van der Waals surface area contributed by atoms with Gasteiger partial charge in [-0.2, -0.15) is 0 Å². The van der Waals surface area contributed by atoms with E-state index in [1.165, 1.54) is 16.2 Å². The number of hydrogen-bond donors (Lipinski definition) is 1. The zero-order chi connectivity index (χ0) is 23.1. The van der Waals surface area contributed by atoms with Crippen molar-refractivity contribution in [3.8, 4) is 5.75 Å². The number of hydrogen-bond acceptors (Lipinski definition) is 6. The summed E-state index contributed by atoms with van der Waals surface area (Å²) in [6.07, 6.45) is 0.892. The molecule has 2 amide bonds. The van der Waals surface area contributed by atoms with Crippen LogP contribution in [0.25, 0.3) is 0 Å². The van der Waals surface area contributed by atoms with Gasteiger partial charge >= 0.3 is 4.87 Å². The fraction of sp³-hybridized carbons (Fsp3) is 0.346. The number of ether oxygens (including phenoxy) is 1. The number of H-pyrrole nitrogens is 1. The SMILES string of the molecule is COc1ccc([C@H]2c3sc(=O)[nH]c3S[C@@H]3[C@@H]4C[C@@H]([C@@H]5C(=O)N(c6ccccc6)C(=O)[C@H]45)[C@H]23)cc1. The Kier molecular flexibility index (Phi) is 4.42. The van der Waals surface area contributed by atoms with E-state index in [2.05, 4.69) is 17.1 Å². The number of aromatic amines is 1. The molecule has 6 nitrogen and oxygen atoms in total. The summed E-state index contributed by atoms with van der Waals surface area (Å²) in [4.78, 5) is 45.1. The molecule has 1 aromatic heterocycles. The van der Waals surface area contributed by atoms with E-state index in [1.807, 2.05) is 42.5 Å². The van der Waals surface area contributed by atoms with Crippen molar-refractivity contribution in [1.82, 2.24) is 4.98 Å². The molecule has 0 spiro atoms. The first-order chi connectivity index (χ1) is 16.6. The zero-order valence-electron chi connectivity index (χ0n) is 18.3. The van der Waals surface area contributed by atoms with E-state index in [9.17, 15) is 14.4 Å². The molecule has 2 saturated carbocycles. The van der Waals surface area contributed by atoms with Crippen molar-refractivity contribution < 1.29 is 14.3 Å². The molecule has 2 bridgehead atoms. The van der Waals surface area contributed by atoms with Gasteiger partial charge in [0.05, 0.1) is 29.7 Å². The van der Waals surface area contributed by atoms with Crippen molar-refractivity contribution in [2.24, 2.45) is 29.6 Å². The highest BCUT2D eigenvalue weighted by Gasteiger charge is 2.69. The summed E-state index contributed by atoms with van der Waals surface area (Å²) in [5.41, 5.74) is 1.80. The van der Waals surface area contributed by atoms with Crippen LogP contribution in [-0.4, -0.2) is 29.2 Å². The molecule has 2 aromatic carbocycles. The number of anilines is 1. The van der Waals surface area contributed by atoms with Crippen LogP contribution >= 0.6 is 23.1 Å². The van der Waals surface area contributed by atoms with Crippen LogP contribution in [0.15, 0.2) is 64.4 Å². The molecule has 7 atom stereocenters. The van der Waals surface area contributed by atoms with E-state index in [0.717, 1.165) is 27.6 Å². The normalized spacial score (nSPS) is 33.1. The number of thioether (sulfide) groups is 1. The lowest BCUT2D eigenvalue weighted by molar-refractivity contribution is -0.123. The maximum atomic E-state index is 13.7. The summed E-state index contributed by atoms with van der Waals surface area (Å²) in [6, 6.07) is 17.4. The second-order valence-corrected chi connectivity index (χ2v) is 11.8. The zero-order valence-corrected chi connectivity index (χ0v) is 20.0. The van der Waals surface area contributed by atoms with Gasteiger partial charge in [-0.05, 0) is 54.0 Å². The number of nitrogens with zero attached hydrogens (tertiary/aromatic N) is 1. The first-order valence-corrected chi connectivity index (χ1v) is 13.2. The highest BCUT2D eigenvalue weighted by atomic mass is 32.2. The topological polar surface area (TPSA) is 79.5 Å². The van der Waals surface area contributed by atoms with Crippen LogP contribution in [0.2, 0.25) is 0 Å². The van der Waals surface area contributed by atoms with E-state index in [0.29, 0.717) is 5.69 Å². The summed E-state index contributed by atoms with van der Waals surface area (Å²) in [5, 5.41) is 1.13. The number of benzene rings is 2.